The number of aromatic nitrogens is 1. The summed E-state index contributed by atoms with van der Waals surface area (Å²) in [6.45, 7) is 4.94. The molecule has 2 rings (SSSR count). The van der Waals surface area contributed by atoms with E-state index in [1.807, 2.05) is 32.0 Å². The zero-order valence-corrected chi connectivity index (χ0v) is 16.1. The summed E-state index contributed by atoms with van der Waals surface area (Å²) in [6.07, 6.45) is 1.74. The number of rotatable bonds is 7. The number of esters is 1. The van der Waals surface area contributed by atoms with Crippen LogP contribution >= 0.6 is 22.9 Å². The average Bonchev–Trinajstić information content (AvgIpc) is 3.07. The molecule has 134 valence electrons. The maximum absolute atomic E-state index is 12.8. The summed E-state index contributed by atoms with van der Waals surface area (Å²) in [4.78, 5) is 30.8. The molecule has 0 aliphatic rings. The van der Waals surface area contributed by atoms with Crippen LogP contribution in [0.25, 0.3) is 10.6 Å². The van der Waals surface area contributed by atoms with Gasteiger partial charge in [-0.3, -0.25) is 9.59 Å². The maximum atomic E-state index is 12.8. The monoisotopic (exact) mass is 380 g/mol. The highest BCUT2D eigenvalue weighted by Gasteiger charge is 2.21. The van der Waals surface area contributed by atoms with Gasteiger partial charge >= 0.3 is 5.97 Å². The summed E-state index contributed by atoms with van der Waals surface area (Å²) in [6, 6.07) is 7.40. The molecule has 0 fully saturated rings. The molecule has 0 saturated heterocycles. The van der Waals surface area contributed by atoms with Crippen molar-refractivity contribution in [2.45, 2.75) is 20.3 Å². The van der Waals surface area contributed by atoms with E-state index in [0.717, 1.165) is 5.56 Å². The molecule has 0 aliphatic carbocycles. The molecule has 7 heteroatoms. The maximum Gasteiger partial charge on any atom is 0.307 e. The summed E-state index contributed by atoms with van der Waals surface area (Å²) in [5.41, 5.74) is 0.804. The highest BCUT2D eigenvalue weighted by Crippen LogP contribution is 2.31. The Morgan fingerprint density at radius 2 is 2.04 bits per heavy atom. The zero-order valence-electron chi connectivity index (χ0n) is 14.5. The van der Waals surface area contributed by atoms with Crippen LogP contribution in [0.5, 0.6) is 0 Å². The SMILES string of the molecule is COC(=O)CCN(CC(C)C)C(=O)c1cnc(-c2ccccc2Cl)s1. The lowest BCUT2D eigenvalue weighted by Crippen LogP contribution is -2.35. The summed E-state index contributed by atoms with van der Waals surface area (Å²) >= 11 is 7.50. The van der Waals surface area contributed by atoms with Crippen LogP contribution in [0.4, 0.5) is 0 Å². The largest absolute Gasteiger partial charge is 0.469 e. The van der Waals surface area contributed by atoms with Crippen molar-refractivity contribution < 1.29 is 14.3 Å². The second kappa shape index (κ2) is 8.97. The summed E-state index contributed by atoms with van der Waals surface area (Å²) < 4.78 is 4.66. The number of halogens is 1. The van der Waals surface area contributed by atoms with Gasteiger partial charge in [0.15, 0.2) is 0 Å². The Bertz CT molecular complexity index is 745. The second-order valence-corrected chi connectivity index (χ2v) is 7.42. The number of carbonyl (C=O) groups excluding carboxylic acids is 2. The fourth-order valence-corrected chi connectivity index (χ4v) is 3.54. The van der Waals surface area contributed by atoms with Crippen LogP contribution in [0.2, 0.25) is 5.02 Å². The standard InChI is InChI=1S/C18H21ClN2O3S/c1-12(2)11-21(9-8-16(22)24-3)18(23)15-10-20-17(25-15)13-6-4-5-7-14(13)19/h4-7,10,12H,8-9,11H2,1-3H3. The lowest BCUT2D eigenvalue weighted by atomic mass is 10.2. The number of thiazole rings is 1. The molecule has 25 heavy (non-hydrogen) atoms. The lowest BCUT2D eigenvalue weighted by molar-refractivity contribution is -0.140. The third kappa shape index (κ3) is 5.28. The first-order valence-electron chi connectivity index (χ1n) is 7.99. The Morgan fingerprint density at radius 1 is 1.32 bits per heavy atom. The fourth-order valence-electron chi connectivity index (χ4n) is 2.33. The van der Waals surface area contributed by atoms with E-state index < -0.39 is 0 Å². The van der Waals surface area contributed by atoms with Gasteiger partial charge in [-0.2, -0.15) is 0 Å². The number of hydrogen-bond donors (Lipinski definition) is 0. The minimum absolute atomic E-state index is 0.131. The van der Waals surface area contributed by atoms with Gasteiger partial charge in [-0.05, 0) is 12.0 Å². The van der Waals surface area contributed by atoms with E-state index in [9.17, 15) is 9.59 Å². The summed E-state index contributed by atoms with van der Waals surface area (Å²) in [5, 5.41) is 1.30. The minimum Gasteiger partial charge on any atom is -0.469 e. The van der Waals surface area contributed by atoms with Crippen LogP contribution in [0.15, 0.2) is 30.5 Å². The highest BCUT2D eigenvalue weighted by atomic mass is 35.5. The van der Waals surface area contributed by atoms with Crippen LogP contribution in [0, 0.1) is 5.92 Å². The molecular formula is C18H21ClN2O3S. The predicted molar refractivity (Wildman–Crippen MR) is 99.9 cm³/mol. The van der Waals surface area contributed by atoms with Crippen molar-refractivity contribution in [1.82, 2.24) is 9.88 Å². The topological polar surface area (TPSA) is 59.5 Å². The van der Waals surface area contributed by atoms with Gasteiger partial charge < -0.3 is 9.64 Å². The Morgan fingerprint density at radius 3 is 2.68 bits per heavy atom. The molecule has 1 aromatic heterocycles. The molecule has 0 aliphatic heterocycles. The molecule has 0 spiro atoms. The quantitative estimate of drug-likeness (QED) is 0.678. The molecule has 0 N–H and O–H groups in total. The van der Waals surface area contributed by atoms with E-state index in [1.165, 1.54) is 18.4 Å². The molecule has 0 unspecified atom stereocenters. The number of methoxy groups -OCH3 is 1. The first kappa shape index (κ1) is 19.4. The van der Waals surface area contributed by atoms with Crippen LogP contribution in [-0.4, -0.2) is 42.0 Å². The number of hydrogen-bond acceptors (Lipinski definition) is 5. The fraction of sp³-hybridized carbons (Fsp3) is 0.389. The normalized spacial score (nSPS) is 10.8. The van der Waals surface area contributed by atoms with Gasteiger partial charge in [0.1, 0.15) is 9.88 Å². The van der Waals surface area contributed by atoms with E-state index >= 15 is 0 Å². The van der Waals surface area contributed by atoms with Gasteiger partial charge in [0, 0.05) is 18.7 Å². The zero-order chi connectivity index (χ0) is 18.4. The number of nitrogens with zero attached hydrogens (tertiary/aromatic N) is 2. The van der Waals surface area contributed by atoms with Crippen molar-refractivity contribution in [3.05, 3.63) is 40.4 Å². The molecule has 2 aromatic rings. The lowest BCUT2D eigenvalue weighted by Gasteiger charge is -2.23. The van der Waals surface area contributed by atoms with Crippen LogP contribution < -0.4 is 0 Å². The number of carbonyl (C=O) groups is 2. The van der Waals surface area contributed by atoms with Gasteiger partial charge in [0.25, 0.3) is 5.91 Å². The summed E-state index contributed by atoms with van der Waals surface area (Å²) in [5.74, 6) is -0.173. The van der Waals surface area contributed by atoms with Gasteiger partial charge in [-0.15, -0.1) is 11.3 Å². The molecule has 1 aromatic carbocycles. The number of amides is 1. The molecule has 5 nitrogen and oxygen atoms in total. The Balaban J connectivity index is 2.18. The van der Waals surface area contributed by atoms with Crippen molar-refractivity contribution in [3.63, 3.8) is 0 Å². The third-order valence-electron chi connectivity index (χ3n) is 3.51. The first-order chi connectivity index (χ1) is 11.9. The molecule has 0 bridgehead atoms. The number of ether oxygens (including phenoxy) is 1. The Kier molecular flexibility index (Phi) is 6.96. The molecule has 0 atom stereocenters. The Hall–Kier alpha value is -1.92. The van der Waals surface area contributed by atoms with Gasteiger partial charge in [-0.1, -0.05) is 43.6 Å². The van der Waals surface area contributed by atoms with Gasteiger partial charge in [0.05, 0.1) is 24.8 Å². The molecule has 0 radical (unpaired) electrons. The van der Waals surface area contributed by atoms with Crippen LogP contribution in [0.3, 0.4) is 0 Å². The van der Waals surface area contributed by atoms with E-state index in [0.29, 0.717) is 28.0 Å². The Labute approximate surface area is 156 Å². The molecule has 1 heterocycles. The van der Waals surface area contributed by atoms with Crippen molar-refractivity contribution in [3.8, 4) is 10.6 Å². The highest BCUT2D eigenvalue weighted by molar-refractivity contribution is 7.17. The van der Waals surface area contributed by atoms with Crippen molar-refractivity contribution in [1.29, 1.82) is 0 Å². The average molecular weight is 381 g/mol. The van der Waals surface area contributed by atoms with Crippen LogP contribution in [0.1, 0.15) is 29.9 Å². The predicted octanol–water partition coefficient (Wildman–Crippen LogP) is 4.12. The van der Waals surface area contributed by atoms with Gasteiger partial charge in [0.2, 0.25) is 0 Å². The first-order valence-corrected chi connectivity index (χ1v) is 9.18. The number of benzene rings is 1. The van der Waals surface area contributed by atoms with Crippen LogP contribution in [-0.2, 0) is 9.53 Å². The van der Waals surface area contributed by atoms with E-state index in [4.69, 9.17) is 11.6 Å². The summed E-state index contributed by atoms with van der Waals surface area (Å²) in [7, 11) is 1.34. The second-order valence-electron chi connectivity index (χ2n) is 5.98. The third-order valence-corrected chi connectivity index (χ3v) is 4.86. The van der Waals surface area contributed by atoms with Crippen molar-refractivity contribution >= 4 is 34.8 Å². The minimum atomic E-state index is -0.331. The van der Waals surface area contributed by atoms with E-state index in [-0.39, 0.29) is 24.2 Å². The van der Waals surface area contributed by atoms with Crippen molar-refractivity contribution in [2.24, 2.45) is 5.92 Å². The molecule has 0 saturated carbocycles. The smallest absolute Gasteiger partial charge is 0.307 e. The van der Waals surface area contributed by atoms with E-state index in [2.05, 4.69) is 9.72 Å². The molecule has 1 amide bonds. The van der Waals surface area contributed by atoms with E-state index in [1.54, 1.807) is 17.2 Å². The van der Waals surface area contributed by atoms with Gasteiger partial charge in [-0.25, -0.2) is 4.98 Å². The molecular weight excluding hydrogens is 360 g/mol. The van der Waals surface area contributed by atoms with Crippen molar-refractivity contribution in [2.75, 3.05) is 20.2 Å².